The Balaban J connectivity index is 1.62. The molecule has 7 nitrogen and oxygen atoms in total. The van der Waals surface area contributed by atoms with Crippen LogP contribution in [0.2, 0.25) is 0 Å². The lowest BCUT2D eigenvalue weighted by Gasteiger charge is -2.31. The van der Waals surface area contributed by atoms with Crippen molar-refractivity contribution in [3.8, 4) is 0 Å². The van der Waals surface area contributed by atoms with Gasteiger partial charge in [0.05, 0.1) is 6.61 Å². The number of carbonyl (C=O) groups excluding carboxylic acids is 1. The quantitative estimate of drug-likeness (QED) is 0.640. The summed E-state index contributed by atoms with van der Waals surface area (Å²) < 4.78 is 15.9. The predicted octanol–water partition coefficient (Wildman–Crippen LogP) is 3.89. The second-order valence-electron chi connectivity index (χ2n) is 9.17. The fourth-order valence-electron chi connectivity index (χ4n) is 5.16. The van der Waals surface area contributed by atoms with Gasteiger partial charge in [0.15, 0.2) is 11.6 Å². The third-order valence-electron chi connectivity index (χ3n) is 7.29. The maximum atomic E-state index is 15.9. The van der Waals surface area contributed by atoms with Crippen LogP contribution < -0.4 is 10.6 Å². The Kier molecular flexibility index (Phi) is 5.28. The van der Waals surface area contributed by atoms with Gasteiger partial charge in [0.1, 0.15) is 11.6 Å². The molecule has 0 radical (unpaired) electrons. The number of carbonyl (C=O) groups is 1. The van der Waals surface area contributed by atoms with Gasteiger partial charge in [-0.2, -0.15) is 0 Å². The number of aromatic nitrogens is 3. The molecule has 1 spiro atoms. The molecule has 1 fully saturated rings. The third-order valence-corrected chi connectivity index (χ3v) is 7.29. The van der Waals surface area contributed by atoms with Gasteiger partial charge in [-0.15, -0.1) is 0 Å². The van der Waals surface area contributed by atoms with Crippen molar-refractivity contribution in [1.82, 2.24) is 20.3 Å². The van der Waals surface area contributed by atoms with E-state index in [1.54, 1.807) is 13.1 Å². The monoisotopic (exact) mass is 449 g/mol. The van der Waals surface area contributed by atoms with E-state index in [0.717, 1.165) is 40.7 Å². The molecule has 2 aromatic heterocycles. The van der Waals surface area contributed by atoms with Gasteiger partial charge in [0.25, 0.3) is 5.91 Å². The summed E-state index contributed by atoms with van der Waals surface area (Å²) in [5.41, 5.74) is 5.63. The van der Waals surface area contributed by atoms with E-state index in [9.17, 15) is 9.90 Å². The lowest BCUT2D eigenvalue weighted by atomic mass is 9.77. The highest BCUT2D eigenvalue weighted by Gasteiger charge is 2.49. The number of aryl methyl sites for hydroxylation is 2. The number of hydrogen-bond donors (Lipinski definition) is 3. The molecule has 2 aromatic rings. The van der Waals surface area contributed by atoms with Crippen LogP contribution in [0.25, 0.3) is 5.57 Å². The molecule has 0 aromatic carbocycles. The van der Waals surface area contributed by atoms with Crippen molar-refractivity contribution in [2.45, 2.75) is 59.5 Å². The van der Waals surface area contributed by atoms with Gasteiger partial charge in [-0.25, -0.2) is 19.3 Å². The lowest BCUT2D eigenvalue weighted by Crippen LogP contribution is -2.39. The number of allylic oxidation sites excluding steroid dienone is 1. The molecule has 172 valence electrons. The van der Waals surface area contributed by atoms with Crippen molar-refractivity contribution in [1.29, 1.82) is 0 Å². The first-order valence-electron chi connectivity index (χ1n) is 11.5. The predicted molar refractivity (Wildman–Crippen MR) is 123 cm³/mol. The molecule has 3 heterocycles. The molecule has 1 aliphatic heterocycles. The van der Waals surface area contributed by atoms with E-state index in [4.69, 9.17) is 0 Å². The molecule has 3 aliphatic rings. The second-order valence-corrected chi connectivity index (χ2v) is 9.17. The number of fused-ring (bicyclic) bond motifs is 1. The van der Waals surface area contributed by atoms with Crippen LogP contribution in [0.5, 0.6) is 0 Å². The summed E-state index contributed by atoms with van der Waals surface area (Å²) in [6, 6.07) is 0. The molecule has 33 heavy (non-hydrogen) atoms. The van der Waals surface area contributed by atoms with Gasteiger partial charge in [-0.1, -0.05) is 12.5 Å². The Labute approximate surface area is 192 Å². The molecule has 8 heteroatoms. The number of nitrogens with zero attached hydrogens (tertiary/aromatic N) is 3. The highest BCUT2D eigenvalue weighted by Crippen LogP contribution is 2.55. The molecule has 0 unspecified atom stereocenters. The highest BCUT2D eigenvalue weighted by molar-refractivity contribution is 6.03. The van der Waals surface area contributed by atoms with E-state index >= 15 is 4.39 Å². The molecular weight excluding hydrogens is 421 g/mol. The molecule has 5 rings (SSSR count). The summed E-state index contributed by atoms with van der Waals surface area (Å²) in [7, 11) is 0. The summed E-state index contributed by atoms with van der Waals surface area (Å²) in [4.78, 5) is 25.6. The average molecular weight is 450 g/mol. The van der Waals surface area contributed by atoms with E-state index < -0.39 is 5.82 Å². The number of halogens is 1. The largest absolute Gasteiger partial charge is 0.391 e. The van der Waals surface area contributed by atoms with Crippen LogP contribution in [-0.4, -0.2) is 32.5 Å². The van der Waals surface area contributed by atoms with E-state index in [1.807, 2.05) is 6.92 Å². The molecule has 3 N–H and O–H groups in total. The van der Waals surface area contributed by atoms with Crippen molar-refractivity contribution in [2.75, 3.05) is 11.9 Å². The van der Waals surface area contributed by atoms with E-state index in [2.05, 4.69) is 32.5 Å². The molecule has 0 atom stereocenters. The number of amides is 1. The number of aliphatic hydroxyl groups is 1. The maximum Gasteiger partial charge on any atom is 0.251 e. The van der Waals surface area contributed by atoms with Crippen LogP contribution >= 0.6 is 0 Å². The van der Waals surface area contributed by atoms with Crippen LogP contribution in [0.1, 0.15) is 62.0 Å². The number of aliphatic hydroxyl groups excluding tert-OH is 1. The Morgan fingerprint density at radius 3 is 2.67 bits per heavy atom. The van der Waals surface area contributed by atoms with Crippen LogP contribution in [0.3, 0.4) is 0 Å². The topological polar surface area (TPSA) is 100 Å². The minimum Gasteiger partial charge on any atom is -0.391 e. The number of pyridine rings is 1. The van der Waals surface area contributed by atoms with Crippen LogP contribution in [0, 0.1) is 18.2 Å². The standard InChI is InChI=1S/C25H28FN5O2/c1-4-17-18(19-13(2)25(7-8-25)12-29-24(19)33)6-5-15-9-28-23(21(26)20(15)17)31-22-16(11-32)10-27-14(3)30-22/h9-10,32H,4-8,11-12H2,1-3H3,(H,29,33)(H,27,28,30,31). The van der Waals surface area contributed by atoms with Gasteiger partial charge in [-0.3, -0.25) is 4.79 Å². The van der Waals surface area contributed by atoms with Crippen molar-refractivity contribution in [3.63, 3.8) is 0 Å². The zero-order chi connectivity index (χ0) is 23.3. The normalized spacial score (nSPS) is 19.0. The molecule has 1 saturated carbocycles. The molecular formula is C25H28FN5O2. The number of rotatable bonds is 5. The number of hydrogen-bond acceptors (Lipinski definition) is 6. The Hall–Kier alpha value is -3.13. The fourth-order valence-corrected chi connectivity index (χ4v) is 5.16. The summed E-state index contributed by atoms with van der Waals surface area (Å²) in [6.45, 7) is 6.22. The number of anilines is 2. The maximum absolute atomic E-state index is 15.9. The van der Waals surface area contributed by atoms with Crippen molar-refractivity contribution >= 4 is 23.1 Å². The van der Waals surface area contributed by atoms with Crippen LogP contribution in [0.15, 0.2) is 29.1 Å². The van der Waals surface area contributed by atoms with Gasteiger partial charge >= 0.3 is 0 Å². The van der Waals surface area contributed by atoms with Gasteiger partial charge in [0, 0.05) is 41.1 Å². The summed E-state index contributed by atoms with van der Waals surface area (Å²) in [5, 5.41) is 15.6. The third kappa shape index (κ3) is 3.53. The van der Waals surface area contributed by atoms with E-state index in [-0.39, 0.29) is 23.7 Å². The minimum absolute atomic E-state index is 0.0474. The lowest BCUT2D eigenvalue weighted by molar-refractivity contribution is -0.118. The summed E-state index contributed by atoms with van der Waals surface area (Å²) in [6.07, 6.45) is 7.32. The highest BCUT2D eigenvalue weighted by atomic mass is 19.1. The first-order valence-corrected chi connectivity index (χ1v) is 11.5. The van der Waals surface area contributed by atoms with Gasteiger partial charge in [-0.05, 0) is 62.7 Å². The van der Waals surface area contributed by atoms with Crippen LogP contribution in [0.4, 0.5) is 16.0 Å². The Bertz CT molecular complexity index is 1230. The summed E-state index contributed by atoms with van der Waals surface area (Å²) >= 11 is 0. The fraction of sp³-hybridized carbons (Fsp3) is 0.440. The van der Waals surface area contributed by atoms with Gasteiger partial charge < -0.3 is 15.7 Å². The van der Waals surface area contributed by atoms with Gasteiger partial charge in [0.2, 0.25) is 0 Å². The molecule has 0 saturated heterocycles. The van der Waals surface area contributed by atoms with Crippen molar-refractivity contribution in [2.24, 2.45) is 5.41 Å². The Morgan fingerprint density at radius 2 is 1.97 bits per heavy atom. The van der Waals surface area contributed by atoms with Crippen LogP contribution in [-0.2, 0) is 17.8 Å². The molecule has 2 aliphatic carbocycles. The first kappa shape index (κ1) is 21.7. The zero-order valence-electron chi connectivity index (χ0n) is 19.2. The van der Waals surface area contributed by atoms with Crippen molar-refractivity contribution < 1.29 is 14.3 Å². The average Bonchev–Trinajstić information content (AvgIpc) is 3.59. The Morgan fingerprint density at radius 1 is 1.18 bits per heavy atom. The smallest absolute Gasteiger partial charge is 0.251 e. The zero-order valence-corrected chi connectivity index (χ0v) is 19.2. The molecule has 1 amide bonds. The van der Waals surface area contributed by atoms with Crippen molar-refractivity contribution in [3.05, 3.63) is 57.4 Å². The SMILES string of the molecule is CCC1=C(C2=C(C)C3(CC3)CNC2=O)CCc2cnc(Nc3nc(C)ncc3CO)c(F)c21. The second kappa shape index (κ2) is 8.02. The van der Waals surface area contributed by atoms with E-state index in [0.29, 0.717) is 48.6 Å². The minimum atomic E-state index is -0.461. The van der Waals surface area contributed by atoms with E-state index in [1.165, 1.54) is 6.20 Å². The first-order chi connectivity index (χ1) is 15.9. The summed E-state index contributed by atoms with van der Waals surface area (Å²) in [5.74, 6) is 0.370. The number of nitrogens with one attached hydrogen (secondary N) is 2. The molecule has 0 bridgehead atoms.